The summed E-state index contributed by atoms with van der Waals surface area (Å²) < 4.78 is 3.29. The van der Waals surface area contributed by atoms with Gasteiger partial charge in [-0.25, -0.2) is 4.98 Å². The van der Waals surface area contributed by atoms with Crippen molar-refractivity contribution in [2.24, 2.45) is 0 Å². The number of carbonyl (C=O) groups is 1. The number of rotatable bonds is 7. The Hall–Kier alpha value is -4.04. The highest BCUT2D eigenvalue weighted by atomic mass is 32.2. The van der Waals surface area contributed by atoms with E-state index in [9.17, 15) is 4.79 Å². The van der Waals surface area contributed by atoms with Crippen molar-refractivity contribution in [2.45, 2.75) is 18.7 Å². The molecule has 0 saturated heterocycles. The molecule has 0 unspecified atom stereocenters. The molecule has 3 aromatic carbocycles. The van der Waals surface area contributed by atoms with Crippen LogP contribution in [0.2, 0.25) is 0 Å². The molecule has 0 bridgehead atoms. The summed E-state index contributed by atoms with van der Waals surface area (Å²) >= 11 is 1.51. The van der Waals surface area contributed by atoms with Gasteiger partial charge in [0.05, 0.1) is 0 Å². The molecule has 7 nitrogen and oxygen atoms in total. The quantitative estimate of drug-likeness (QED) is 0.261. The van der Waals surface area contributed by atoms with Gasteiger partial charge in [0.1, 0.15) is 5.82 Å². The summed E-state index contributed by atoms with van der Waals surface area (Å²) in [6.45, 7) is 3.81. The maximum atomic E-state index is 12.8. The first-order valence-corrected chi connectivity index (χ1v) is 11.2. The van der Waals surface area contributed by atoms with Crippen LogP contribution < -0.4 is 21.1 Å². The summed E-state index contributed by atoms with van der Waals surface area (Å²) in [4.78, 5) is 22.2. The average molecular weight is 457 g/mol. The lowest BCUT2D eigenvalue weighted by Gasteiger charge is -2.12. The third kappa shape index (κ3) is 6.02. The number of nitrogen functional groups attached to an aromatic ring is 1. The average Bonchev–Trinajstić information content (AvgIpc) is 2.80. The Labute approximate surface area is 197 Å². The second kappa shape index (κ2) is 10.1. The minimum atomic E-state index is -0.195. The molecule has 8 heteroatoms. The highest BCUT2D eigenvalue weighted by molar-refractivity contribution is 8.00. The number of aryl methyl sites for hydroxylation is 2. The number of carbonyl (C=O) groups excluding carboxylic acids is 1. The van der Waals surface area contributed by atoms with Crippen molar-refractivity contribution in [3.63, 3.8) is 0 Å². The highest BCUT2D eigenvalue weighted by Crippen LogP contribution is 2.24. The highest BCUT2D eigenvalue weighted by Gasteiger charge is 2.10. The topological polar surface area (TPSA) is 105 Å². The van der Waals surface area contributed by atoms with Gasteiger partial charge in [-0.15, -0.1) is 0 Å². The second-order valence-corrected chi connectivity index (χ2v) is 8.34. The van der Waals surface area contributed by atoms with Gasteiger partial charge in [-0.3, -0.25) is 4.79 Å². The number of nitrogens with zero attached hydrogens (tertiary/aromatic N) is 2. The SMILES string of the molecule is Cc1cc(Nc2cc(C(=O)Nc3ccc(SNc4ccccc4)cc3)ccc2C)nc(N)n1. The van der Waals surface area contributed by atoms with Crippen LogP contribution in [0.15, 0.2) is 83.8 Å². The first-order valence-electron chi connectivity index (χ1n) is 10.3. The van der Waals surface area contributed by atoms with Gasteiger partial charge in [0.15, 0.2) is 0 Å². The summed E-state index contributed by atoms with van der Waals surface area (Å²) in [7, 11) is 0. The van der Waals surface area contributed by atoms with Crippen LogP contribution >= 0.6 is 11.9 Å². The standard InChI is InChI=1S/C25H24N6OS/c1-16-8-9-18(15-22(16)29-23-14-17(2)27-25(26)30-23)24(32)28-19-10-12-21(13-11-19)33-31-20-6-4-3-5-7-20/h3-15,31H,1-2H3,(H,28,32)(H3,26,27,29,30). The van der Waals surface area contributed by atoms with Gasteiger partial charge in [0.2, 0.25) is 5.95 Å². The minimum absolute atomic E-state index is 0.195. The molecule has 33 heavy (non-hydrogen) atoms. The van der Waals surface area contributed by atoms with Gasteiger partial charge < -0.3 is 21.1 Å². The van der Waals surface area contributed by atoms with Crippen molar-refractivity contribution in [1.82, 2.24) is 9.97 Å². The Morgan fingerprint density at radius 1 is 0.879 bits per heavy atom. The fraction of sp³-hybridized carbons (Fsp3) is 0.0800. The van der Waals surface area contributed by atoms with Gasteiger partial charge >= 0.3 is 0 Å². The van der Waals surface area contributed by atoms with Crippen molar-refractivity contribution < 1.29 is 4.79 Å². The molecule has 4 aromatic rings. The molecule has 5 N–H and O–H groups in total. The number of hydrogen-bond donors (Lipinski definition) is 4. The lowest BCUT2D eigenvalue weighted by molar-refractivity contribution is 0.102. The monoisotopic (exact) mass is 456 g/mol. The molecule has 0 spiro atoms. The lowest BCUT2D eigenvalue weighted by Crippen LogP contribution is -2.12. The van der Waals surface area contributed by atoms with Crippen LogP contribution in [0.5, 0.6) is 0 Å². The van der Waals surface area contributed by atoms with Crippen LogP contribution in [-0.2, 0) is 0 Å². The third-order valence-electron chi connectivity index (χ3n) is 4.81. The predicted molar refractivity (Wildman–Crippen MR) is 136 cm³/mol. The summed E-state index contributed by atoms with van der Waals surface area (Å²) in [5.74, 6) is 0.585. The third-order valence-corrected chi connectivity index (χ3v) is 5.65. The van der Waals surface area contributed by atoms with Gasteiger partial charge in [-0.1, -0.05) is 24.3 Å². The Morgan fingerprint density at radius 3 is 2.36 bits per heavy atom. The van der Waals surface area contributed by atoms with Crippen LogP contribution in [0.25, 0.3) is 0 Å². The van der Waals surface area contributed by atoms with Gasteiger partial charge in [-0.05, 0) is 79.9 Å². The molecule has 0 aliphatic rings. The first-order chi connectivity index (χ1) is 16.0. The zero-order chi connectivity index (χ0) is 23.2. The first kappa shape index (κ1) is 22.2. The normalized spacial score (nSPS) is 10.5. The zero-order valence-electron chi connectivity index (χ0n) is 18.3. The van der Waals surface area contributed by atoms with Crippen molar-refractivity contribution in [1.29, 1.82) is 0 Å². The molecule has 1 heterocycles. The van der Waals surface area contributed by atoms with E-state index in [0.29, 0.717) is 11.4 Å². The van der Waals surface area contributed by atoms with Gasteiger partial charge in [0, 0.05) is 39.3 Å². The number of nitrogens with two attached hydrogens (primary N) is 1. The van der Waals surface area contributed by atoms with E-state index in [1.165, 1.54) is 11.9 Å². The van der Waals surface area contributed by atoms with Crippen LogP contribution in [0, 0.1) is 13.8 Å². The van der Waals surface area contributed by atoms with E-state index < -0.39 is 0 Å². The van der Waals surface area contributed by atoms with Crippen LogP contribution in [-0.4, -0.2) is 15.9 Å². The number of benzene rings is 3. The fourth-order valence-corrected chi connectivity index (χ4v) is 3.77. The summed E-state index contributed by atoms with van der Waals surface area (Å²) in [5.41, 5.74) is 10.5. The Balaban J connectivity index is 1.41. The van der Waals surface area contributed by atoms with E-state index in [0.717, 1.165) is 33.2 Å². The van der Waals surface area contributed by atoms with Gasteiger partial charge in [-0.2, -0.15) is 4.98 Å². The largest absolute Gasteiger partial charge is 0.368 e. The van der Waals surface area contributed by atoms with Crippen molar-refractivity contribution in [3.05, 3.63) is 95.7 Å². The molecule has 0 aliphatic heterocycles. The van der Waals surface area contributed by atoms with E-state index in [1.807, 2.05) is 74.5 Å². The van der Waals surface area contributed by atoms with Gasteiger partial charge in [0.25, 0.3) is 5.91 Å². The minimum Gasteiger partial charge on any atom is -0.368 e. The lowest BCUT2D eigenvalue weighted by atomic mass is 10.1. The van der Waals surface area contributed by atoms with E-state index in [2.05, 4.69) is 25.3 Å². The van der Waals surface area contributed by atoms with E-state index in [-0.39, 0.29) is 11.9 Å². The maximum Gasteiger partial charge on any atom is 0.255 e. The zero-order valence-corrected chi connectivity index (χ0v) is 19.1. The number of hydrogen-bond acceptors (Lipinski definition) is 7. The summed E-state index contributed by atoms with van der Waals surface area (Å²) in [6, 6.07) is 24.9. The van der Waals surface area contributed by atoms with Crippen molar-refractivity contribution >= 4 is 46.7 Å². The predicted octanol–water partition coefficient (Wildman–Crippen LogP) is 5.79. The molecule has 0 radical (unpaired) electrons. The van der Waals surface area contributed by atoms with Crippen molar-refractivity contribution in [2.75, 3.05) is 21.1 Å². The Bertz CT molecular complexity index is 1240. The maximum absolute atomic E-state index is 12.8. The molecule has 0 fully saturated rings. The molecule has 1 aromatic heterocycles. The van der Waals surface area contributed by atoms with E-state index in [1.54, 1.807) is 18.2 Å². The Kier molecular flexibility index (Phi) is 6.75. The second-order valence-electron chi connectivity index (χ2n) is 7.46. The smallest absolute Gasteiger partial charge is 0.255 e. The molecule has 166 valence electrons. The molecule has 0 aliphatic carbocycles. The molecule has 0 saturated carbocycles. The number of aromatic nitrogens is 2. The molecular formula is C25H24N6OS. The number of para-hydroxylation sites is 1. The summed E-state index contributed by atoms with van der Waals surface area (Å²) in [5, 5.41) is 6.17. The van der Waals surface area contributed by atoms with Crippen LogP contribution in [0.3, 0.4) is 0 Å². The molecule has 0 atom stereocenters. The van der Waals surface area contributed by atoms with Crippen LogP contribution in [0.1, 0.15) is 21.6 Å². The van der Waals surface area contributed by atoms with Crippen molar-refractivity contribution in [3.8, 4) is 0 Å². The Morgan fingerprint density at radius 2 is 1.64 bits per heavy atom. The number of nitrogens with one attached hydrogen (secondary N) is 3. The van der Waals surface area contributed by atoms with Crippen LogP contribution in [0.4, 0.5) is 28.8 Å². The summed E-state index contributed by atoms with van der Waals surface area (Å²) in [6.07, 6.45) is 0. The molecule has 1 amide bonds. The van der Waals surface area contributed by atoms with E-state index >= 15 is 0 Å². The van der Waals surface area contributed by atoms with E-state index in [4.69, 9.17) is 5.73 Å². The number of amides is 1. The molecular weight excluding hydrogens is 432 g/mol. The fourth-order valence-electron chi connectivity index (χ4n) is 3.13. The molecule has 4 rings (SSSR count). The number of anilines is 5.